The van der Waals surface area contributed by atoms with Crippen molar-refractivity contribution < 1.29 is 9.26 Å². The maximum atomic E-state index is 5.80. The van der Waals surface area contributed by atoms with Gasteiger partial charge in [-0.15, -0.1) is 5.10 Å². The van der Waals surface area contributed by atoms with E-state index in [0.717, 1.165) is 39.3 Å². The minimum atomic E-state index is -0.111. The second-order valence-corrected chi connectivity index (χ2v) is 6.42. The fourth-order valence-corrected chi connectivity index (χ4v) is 3.39. The monoisotopic (exact) mass is 333 g/mol. The third-order valence-electron chi connectivity index (χ3n) is 4.75. The quantitative estimate of drug-likeness (QED) is 0.770. The second-order valence-electron chi connectivity index (χ2n) is 6.42. The molecule has 2 aliphatic rings. The number of nitrogens with zero attached hydrogens (tertiary/aromatic N) is 7. The Bertz CT molecular complexity index is 679. The van der Waals surface area contributed by atoms with Crippen LogP contribution in [0.1, 0.15) is 30.4 Å². The molecule has 0 N–H and O–H groups in total. The second kappa shape index (κ2) is 6.58. The lowest BCUT2D eigenvalue weighted by molar-refractivity contribution is -0.0846. The molecule has 0 saturated carbocycles. The predicted molar refractivity (Wildman–Crippen MR) is 84.1 cm³/mol. The van der Waals surface area contributed by atoms with Gasteiger partial charge in [0.1, 0.15) is 6.10 Å². The molecule has 0 aliphatic carbocycles. The zero-order chi connectivity index (χ0) is 16.5. The molecular formula is C15H23N7O2. The third kappa shape index (κ3) is 3.06. The van der Waals surface area contributed by atoms with Crippen molar-refractivity contribution in [3.05, 3.63) is 23.6 Å². The zero-order valence-corrected chi connectivity index (χ0v) is 14.1. The molecule has 4 heterocycles. The van der Waals surface area contributed by atoms with Crippen LogP contribution in [0.2, 0.25) is 0 Å². The van der Waals surface area contributed by atoms with Gasteiger partial charge < -0.3 is 9.26 Å². The molecule has 1 unspecified atom stereocenters. The molecule has 4 rings (SSSR count). The van der Waals surface area contributed by atoms with Crippen LogP contribution in [0.15, 0.2) is 10.7 Å². The van der Waals surface area contributed by atoms with E-state index in [0.29, 0.717) is 24.4 Å². The molecule has 2 aromatic rings. The van der Waals surface area contributed by atoms with Crippen LogP contribution in [-0.4, -0.2) is 73.8 Å². The largest absolute Gasteiger partial charge is 0.366 e. The normalized spacial score (nSPS) is 23.5. The third-order valence-corrected chi connectivity index (χ3v) is 4.75. The van der Waals surface area contributed by atoms with E-state index < -0.39 is 0 Å². The lowest BCUT2D eigenvalue weighted by atomic mass is 10.1. The SMILES string of the molecule is CCn1nncc1CN1CC(N2CCOC(c3nc(C)no3)C2)C1. The highest BCUT2D eigenvalue weighted by Crippen LogP contribution is 2.25. The van der Waals surface area contributed by atoms with Crippen molar-refractivity contribution in [3.63, 3.8) is 0 Å². The topological polar surface area (TPSA) is 85.3 Å². The summed E-state index contributed by atoms with van der Waals surface area (Å²) in [4.78, 5) is 9.20. The molecular weight excluding hydrogens is 310 g/mol. The molecule has 9 heteroatoms. The maximum absolute atomic E-state index is 5.80. The molecule has 0 radical (unpaired) electrons. The molecule has 2 saturated heterocycles. The van der Waals surface area contributed by atoms with Crippen molar-refractivity contribution >= 4 is 0 Å². The Morgan fingerprint density at radius 1 is 1.29 bits per heavy atom. The molecule has 0 spiro atoms. The summed E-state index contributed by atoms with van der Waals surface area (Å²) < 4.78 is 13.0. The number of likely N-dealkylation sites (tertiary alicyclic amines) is 1. The molecule has 1 atom stereocenters. The lowest BCUT2D eigenvalue weighted by Crippen LogP contribution is -2.61. The highest BCUT2D eigenvalue weighted by atomic mass is 16.5. The summed E-state index contributed by atoms with van der Waals surface area (Å²) in [5.74, 6) is 1.24. The van der Waals surface area contributed by atoms with Gasteiger partial charge in [0.15, 0.2) is 5.82 Å². The van der Waals surface area contributed by atoms with E-state index >= 15 is 0 Å². The van der Waals surface area contributed by atoms with Gasteiger partial charge in [0.25, 0.3) is 5.89 Å². The van der Waals surface area contributed by atoms with Gasteiger partial charge >= 0.3 is 0 Å². The van der Waals surface area contributed by atoms with Gasteiger partial charge in [-0.25, -0.2) is 4.68 Å². The number of hydrogen-bond acceptors (Lipinski definition) is 8. The van der Waals surface area contributed by atoms with Crippen LogP contribution in [0, 0.1) is 6.92 Å². The van der Waals surface area contributed by atoms with Crippen molar-refractivity contribution in [2.45, 2.75) is 39.1 Å². The van der Waals surface area contributed by atoms with Gasteiger partial charge in [0.05, 0.1) is 18.5 Å². The first-order chi connectivity index (χ1) is 11.7. The van der Waals surface area contributed by atoms with Crippen LogP contribution in [0.3, 0.4) is 0 Å². The van der Waals surface area contributed by atoms with E-state index in [1.807, 2.05) is 17.8 Å². The van der Waals surface area contributed by atoms with E-state index in [1.165, 1.54) is 5.69 Å². The minimum Gasteiger partial charge on any atom is -0.366 e. The maximum Gasteiger partial charge on any atom is 0.257 e. The molecule has 24 heavy (non-hydrogen) atoms. The van der Waals surface area contributed by atoms with Crippen LogP contribution in [0.5, 0.6) is 0 Å². The molecule has 0 bridgehead atoms. The van der Waals surface area contributed by atoms with Crippen molar-refractivity contribution in [2.24, 2.45) is 0 Å². The average molecular weight is 333 g/mol. The van der Waals surface area contributed by atoms with E-state index in [1.54, 1.807) is 0 Å². The standard InChI is InChI=1S/C15H23N7O2/c1-3-22-12(6-16-19-22)7-20-8-13(9-20)21-4-5-23-14(10-21)15-17-11(2)18-24-15/h6,13-14H,3-5,7-10H2,1-2H3. The summed E-state index contributed by atoms with van der Waals surface area (Å²) >= 11 is 0. The number of rotatable bonds is 5. The first-order valence-electron chi connectivity index (χ1n) is 8.48. The first-order valence-corrected chi connectivity index (χ1v) is 8.48. The summed E-state index contributed by atoms with van der Waals surface area (Å²) in [5, 5.41) is 11.9. The number of ether oxygens (including phenoxy) is 1. The van der Waals surface area contributed by atoms with E-state index in [2.05, 4.69) is 37.2 Å². The Balaban J connectivity index is 1.30. The van der Waals surface area contributed by atoms with E-state index in [-0.39, 0.29) is 6.10 Å². The lowest BCUT2D eigenvalue weighted by Gasteiger charge is -2.47. The van der Waals surface area contributed by atoms with Gasteiger partial charge in [0, 0.05) is 45.3 Å². The van der Waals surface area contributed by atoms with Gasteiger partial charge in [-0.05, 0) is 13.8 Å². The Labute approximate surface area is 140 Å². The van der Waals surface area contributed by atoms with Crippen molar-refractivity contribution in [1.29, 1.82) is 0 Å². The highest BCUT2D eigenvalue weighted by molar-refractivity contribution is 5.00. The number of aryl methyl sites for hydroxylation is 2. The summed E-state index contributed by atoms with van der Waals surface area (Å²) in [5.41, 5.74) is 1.18. The molecule has 9 nitrogen and oxygen atoms in total. The fraction of sp³-hybridized carbons (Fsp3) is 0.733. The zero-order valence-electron chi connectivity index (χ0n) is 14.1. The number of aromatic nitrogens is 5. The molecule has 2 aromatic heterocycles. The van der Waals surface area contributed by atoms with Crippen LogP contribution in [0.25, 0.3) is 0 Å². The van der Waals surface area contributed by atoms with Crippen molar-refractivity contribution in [1.82, 2.24) is 34.9 Å². The summed E-state index contributed by atoms with van der Waals surface area (Å²) in [6.07, 6.45) is 1.75. The molecule has 2 aliphatic heterocycles. The Morgan fingerprint density at radius 2 is 2.17 bits per heavy atom. The fourth-order valence-electron chi connectivity index (χ4n) is 3.39. The molecule has 130 valence electrons. The smallest absolute Gasteiger partial charge is 0.257 e. The van der Waals surface area contributed by atoms with E-state index in [9.17, 15) is 0 Å². The van der Waals surface area contributed by atoms with Gasteiger partial charge in [-0.1, -0.05) is 10.4 Å². The number of hydrogen-bond donors (Lipinski definition) is 0. The molecule has 2 fully saturated rings. The van der Waals surface area contributed by atoms with Crippen molar-refractivity contribution in [3.8, 4) is 0 Å². The average Bonchev–Trinajstić information content (AvgIpc) is 3.19. The van der Waals surface area contributed by atoms with Crippen LogP contribution in [0.4, 0.5) is 0 Å². The van der Waals surface area contributed by atoms with Crippen molar-refractivity contribution in [2.75, 3.05) is 32.8 Å². The minimum absolute atomic E-state index is 0.111. The Kier molecular flexibility index (Phi) is 4.30. The summed E-state index contributed by atoms with van der Waals surface area (Å²) in [6, 6.07) is 0.561. The van der Waals surface area contributed by atoms with Gasteiger partial charge in [-0.2, -0.15) is 4.98 Å². The van der Waals surface area contributed by atoms with Crippen LogP contribution >= 0.6 is 0 Å². The van der Waals surface area contributed by atoms with Gasteiger partial charge in [-0.3, -0.25) is 9.80 Å². The van der Waals surface area contributed by atoms with E-state index in [4.69, 9.17) is 9.26 Å². The summed E-state index contributed by atoms with van der Waals surface area (Å²) in [7, 11) is 0. The predicted octanol–water partition coefficient (Wildman–Crippen LogP) is 0.247. The van der Waals surface area contributed by atoms with Crippen LogP contribution in [-0.2, 0) is 17.8 Å². The Hall–Kier alpha value is -1.84. The first kappa shape index (κ1) is 15.7. The highest BCUT2D eigenvalue weighted by Gasteiger charge is 2.36. The summed E-state index contributed by atoms with van der Waals surface area (Å²) in [6.45, 7) is 10.3. The Morgan fingerprint density at radius 3 is 2.92 bits per heavy atom. The van der Waals surface area contributed by atoms with Crippen LogP contribution < -0.4 is 0 Å². The van der Waals surface area contributed by atoms with Gasteiger partial charge in [0.2, 0.25) is 0 Å². The number of morpholine rings is 1. The molecule has 0 amide bonds. The molecule has 0 aromatic carbocycles.